The second kappa shape index (κ2) is 3.73. The van der Waals surface area contributed by atoms with Crippen LogP contribution in [0.15, 0.2) is 0 Å². The molecule has 1 saturated heterocycles. The summed E-state index contributed by atoms with van der Waals surface area (Å²) >= 11 is -3.34. The molecule has 80 valence electrons. The third kappa shape index (κ3) is 2.15. The number of amides is 2. The van der Waals surface area contributed by atoms with E-state index in [1.54, 1.807) is 0 Å². The second-order valence-electron chi connectivity index (χ2n) is 2.28. The lowest BCUT2D eigenvalue weighted by Crippen LogP contribution is -2.37. The molecule has 0 N–H and O–H groups in total. The van der Waals surface area contributed by atoms with Crippen LogP contribution in [0, 0.1) is 0 Å². The molecule has 0 saturated carbocycles. The van der Waals surface area contributed by atoms with E-state index in [-0.39, 0.29) is 17.1 Å². The van der Waals surface area contributed by atoms with Gasteiger partial charge in [0.2, 0.25) is 11.8 Å². The molecule has 2 amide bonds. The quantitative estimate of drug-likeness (QED) is 0.422. The second-order valence-corrected chi connectivity index (χ2v) is 4.45. The molecular weight excluding hydrogens is 238 g/mol. The van der Waals surface area contributed by atoms with Crippen molar-refractivity contribution in [2.45, 2.75) is 12.8 Å². The summed E-state index contributed by atoms with van der Waals surface area (Å²) in [4.78, 5) is 21.7. The van der Waals surface area contributed by atoms with Crippen molar-refractivity contribution in [1.82, 2.24) is 4.31 Å². The van der Waals surface area contributed by atoms with E-state index in [1.807, 2.05) is 0 Å². The van der Waals surface area contributed by atoms with Gasteiger partial charge in [-0.3, -0.25) is 9.59 Å². The lowest BCUT2D eigenvalue weighted by atomic mass is 10.4. The van der Waals surface area contributed by atoms with E-state index in [2.05, 4.69) is 3.63 Å². The Morgan fingerprint density at radius 1 is 1.29 bits per heavy atom. The Balaban J connectivity index is 2.98. The average molecular weight is 242 g/mol. The maximum atomic E-state index is 10.9. The van der Waals surface area contributed by atoms with Gasteiger partial charge in [0.05, 0.1) is 0 Å². The largest absolute Gasteiger partial charge is 0.749 e. The van der Waals surface area contributed by atoms with Crippen molar-refractivity contribution < 1.29 is 30.4 Å². The van der Waals surface area contributed by atoms with E-state index < -0.39 is 33.5 Å². The minimum atomic E-state index is -4.84. The summed E-state index contributed by atoms with van der Waals surface area (Å²) in [7, 11) is -4.84. The molecular formula is C4H4NO7S2-. The van der Waals surface area contributed by atoms with E-state index in [1.165, 1.54) is 0 Å². The molecule has 8 nitrogen and oxygen atoms in total. The molecule has 1 heterocycles. The zero-order valence-corrected chi connectivity index (χ0v) is 8.17. The fourth-order valence-electron chi connectivity index (χ4n) is 0.906. The number of carbonyl (C=O) groups is 2. The van der Waals surface area contributed by atoms with Gasteiger partial charge in [-0.15, -0.1) is 4.31 Å². The van der Waals surface area contributed by atoms with Crippen LogP contribution in [-0.4, -0.2) is 33.3 Å². The number of hydrogen-bond acceptors (Lipinski definition) is 7. The smallest absolute Gasteiger partial charge is 0.383 e. The Labute approximate surface area is 81.6 Å². The molecule has 14 heavy (non-hydrogen) atoms. The molecule has 0 aromatic rings. The highest BCUT2D eigenvalue weighted by atomic mass is 32.3. The summed E-state index contributed by atoms with van der Waals surface area (Å²) in [5.41, 5.74) is 0. The molecule has 1 unspecified atom stereocenters. The van der Waals surface area contributed by atoms with E-state index in [9.17, 15) is 26.8 Å². The first-order chi connectivity index (χ1) is 6.34. The van der Waals surface area contributed by atoms with Gasteiger partial charge in [0.25, 0.3) is 0 Å². The molecule has 1 aliphatic rings. The van der Waals surface area contributed by atoms with Crippen molar-refractivity contribution in [3.05, 3.63) is 0 Å². The summed E-state index contributed by atoms with van der Waals surface area (Å²) in [5, 5.41) is 0. The number of nitrogens with zero attached hydrogens (tertiary/aromatic N) is 1. The first kappa shape index (κ1) is 11.2. The van der Waals surface area contributed by atoms with Crippen molar-refractivity contribution in [2.75, 3.05) is 0 Å². The van der Waals surface area contributed by atoms with Crippen molar-refractivity contribution >= 4 is 33.5 Å². The minimum absolute atomic E-state index is 0.192. The fraction of sp³-hybridized carbons (Fsp3) is 0.500. The van der Waals surface area contributed by atoms with Crippen LogP contribution in [0.2, 0.25) is 0 Å². The van der Waals surface area contributed by atoms with Crippen LogP contribution >= 0.6 is 0 Å². The standard InChI is InChI=1S/C4H5NO7S2/c6-3-1-2-4(7)5(3)14(10,11)12-13(8)9/h1-2H2,(H,8,9)/p-1. The van der Waals surface area contributed by atoms with Crippen LogP contribution < -0.4 is 0 Å². The summed E-state index contributed by atoms with van der Waals surface area (Å²) in [6.07, 6.45) is -0.542. The predicted molar refractivity (Wildman–Crippen MR) is 40.0 cm³/mol. The highest BCUT2D eigenvalue weighted by Crippen LogP contribution is 2.17. The van der Waals surface area contributed by atoms with Crippen LogP contribution in [-0.2, 0) is 34.9 Å². The van der Waals surface area contributed by atoms with Gasteiger partial charge in [-0.2, -0.15) is 12.0 Å². The van der Waals surface area contributed by atoms with Crippen molar-refractivity contribution in [3.63, 3.8) is 0 Å². The lowest BCUT2D eigenvalue weighted by Gasteiger charge is -2.13. The summed E-state index contributed by atoms with van der Waals surface area (Å²) in [6.45, 7) is 0. The van der Waals surface area contributed by atoms with Crippen molar-refractivity contribution in [1.29, 1.82) is 0 Å². The fourth-order valence-corrected chi connectivity index (χ4v) is 2.39. The van der Waals surface area contributed by atoms with Gasteiger partial charge in [-0.25, -0.2) is 4.21 Å². The van der Waals surface area contributed by atoms with Gasteiger partial charge in [-0.05, 0) is 0 Å². The molecule has 1 aliphatic heterocycles. The van der Waals surface area contributed by atoms with Gasteiger partial charge in [0, 0.05) is 12.8 Å². The third-order valence-corrected chi connectivity index (χ3v) is 3.36. The number of hydrogen-bond donors (Lipinski definition) is 0. The molecule has 0 aromatic heterocycles. The van der Waals surface area contributed by atoms with Crippen LogP contribution in [0.5, 0.6) is 0 Å². The Kier molecular flexibility index (Phi) is 2.99. The number of rotatable bonds is 3. The third-order valence-electron chi connectivity index (χ3n) is 1.37. The van der Waals surface area contributed by atoms with Crippen molar-refractivity contribution in [3.8, 4) is 0 Å². The molecule has 10 heteroatoms. The molecule has 0 spiro atoms. The topological polar surface area (TPSA) is 121 Å². The Morgan fingerprint density at radius 2 is 1.71 bits per heavy atom. The van der Waals surface area contributed by atoms with E-state index >= 15 is 0 Å². The van der Waals surface area contributed by atoms with Crippen LogP contribution in [0.4, 0.5) is 0 Å². The molecule has 0 aromatic carbocycles. The first-order valence-corrected chi connectivity index (χ1v) is 5.61. The van der Waals surface area contributed by atoms with Gasteiger partial charge in [0.1, 0.15) is 11.4 Å². The molecule has 0 bridgehead atoms. The summed E-state index contributed by atoms with van der Waals surface area (Å²) in [6, 6.07) is 0. The van der Waals surface area contributed by atoms with Crippen LogP contribution in [0.3, 0.4) is 0 Å². The van der Waals surface area contributed by atoms with Gasteiger partial charge in [0.15, 0.2) is 0 Å². The van der Waals surface area contributed by atoms with E-state index in [4.69, 9.17) is 0 Å². The molecule has 0 radical (unpaired) electrons. The van der Waals surface area contributed by atoms with Gasteiger partial charge >= 0.3 is 10.3 Å². The van der Waals surface area contributed by atoms with Gasteiger partial charge in [-0.1, -0.05) is 0 Å². The highest BCUT2D eigenvalue weighted by molar-refractivity contribution is 7.94. The van der Waals surface area contributed by atoms with Crippen LogP contribution in [0.25, 0.3) is 0 Å². The number of carbonyl (C=O) groups excluding carboxylic acids is 2. The van der Waals surface area contributed by atoms with E-state index in [0.717, 1.165) is 0 Å². The Bertz CT molecular complexity index is 382. The van der Waals surface area contributed by atoms with Crippen molar-refractivity contribution in [2.24, 2.45) is 0 Å². The lowest BCUT2D eigenvalue weighted by molar-refractivity contribution is -0.132. The Hall–Kier alpha value is -0.840. The molecule has 1 rings (SSSR count). The van der Waals surface area contributed by atoms with Gasteiger partial charge < -0.3 is 4.55 Å². The summed E-state index contributed by atoms with van der Waals surface area (Å²) < 4.78 is 45.0. The first-order valence-electron chi connectivity index (χ1n) is 3.25. The maximum absolute atomic E-state index is 10.9. The molecule has 0 aliphatic carbocycles. The predicted octanol–water partition coefficient (Wildman–Crippen LogP) is -1.81. The normalized spacial score (nSPS) is 20.2. The van der Waals surface area contributed by atoms with Crippen LogP contribution in [0.1, 0.15) is 12.8 Å². The zero-order chi connectivity index (χ0) is 10.9. The highest BCUT2D eigenvalue weighted by Gasteiger charge is 2.40. The number of imide groups is 1. The molecule has 1 atom stereocenters. The minimum Gasteiger partial charge on any atom is -0.749 e. The van der Waals surface area contributed by atoms with E-state index in [0.29, 0.717) is 0 Å². The maximum Gasteiger partial charge on any atom is 0.383 e. The average Bonchev–Trinajstić information content (AvgIpc) is 2.27. The summed E-state index contributed by atoms with van der Waals surface area (Å²) in [5.74, 6) is -2.00. The SMILES string of the molecule is O=C1CCC(=O)N1S(=O)(=O)OS(=O)[O-]. The zero-order valence-electron chi connectivity index (χ0n) is 6.54. The monoisotopic (exact) mass is 242 g/mol. The molecule has 1 fully saturated rings. The Morgan fingerprint density at radius 3 is 2.07 bits per heavy atom.